The second-order valence-electron chi connectivity index (χ2n) is 8.19. The molecule has 7 heteroatoms. The van der Waals surface area contributed by atoms with Crippen molar-refractivity contribution < 1.29 is 14.7 Å². The number of benzene rings is 2. The quantitative estimate of drug-likeness (QED) is 0.309. The van der Waals surface area contributed by atoms with E-state index in [1.807, 2.05) is 49.4 Å². The zero-order chi connectivity index (χ0) is 24.2. The van der Waals surface area contributed by atoms with Gasteiger partial charge < -0.3 is 0 Å². The van der Waals surface area contributed by atoms with Gasteiger partial charge in [0, 0.05) is 0 Å². The van der Waals surface area contributed by atoms with Gasteiger partial charge in [0.2, 0.25) is 0 Å². The first-order chi connectivity index (χ1) is 16.4. The number of hydrogen-bond acceptors (Lipinski definition) is 4. The van der Waals surface area contributed by atoms with Gasteiger partial charge in [-0.3, -0.25) is 0 Å². The average Bonchev–Trinajstić information content (AvgIpc) is 3.35. The van der Waals surface area contributed by atoms with Crippen molar-refractivity contribution in [1.82, 2.24) is 10.2 Å². The number of para-hydroxylation sites is 1. The molecule has 0 radical (unpaired) electrons. The van der Waals surface area contributed by atoms with Crippen molar-refractivity contribution in [3.05, 3.63) is 68.5 Å². The molecule has 3 N–H and O–H groups in total. The van der Waals surface area contributed by atoms with Crippen LogP contribution < -0.4 is 10.6 Å². The number of anilines is 1. The summed E-state index contributed by atoms with van der Waals surface area (Å²) in [4.78, 5) is 27.7. The summed E-state index contributed by atoms with van der Waals surface area (Å²) >= 11 is -0.00263. The molecule has 34 heavy (non-hydrogen) atoms. The molecule has 1 aliphatic heterocycles. The van der Waals surface area contributed by atoms with Gasteiger partial charge in [-0.05, 0) is 0 Å². The molecule has 2 aromatic carbocycles. The van der Waals surface area contributed by atoms with E-state index in [4.69, 9.17) is 0 Å². The number of nitrogens with one attached hydrogen (secondary N) is 2. The van der Waals surface area contributed by atoms with Crippen LogP contribution in [0, 0.1) is 6.92 Å². The van der Waals surface area contributed by atoms with Crippen LogP contribution in [0.1, 0.15) is 38.6 Å². The summed E-state index contributed by atoms with van der Waals surface area (Å²) in [5.41, 5.74) is 4.42. The number of aromatic hydroxyl groups is 1. The zero-order valence-corrected chi connectivity index (χ0v) is 21.4. The Balaban J connectivity index is 1.54. The SMILES string of the molecule is CCN(CC)CCNC(=O)c1cc(/C=C2\C(=O)Nc3cc(-c4ccccc4O)ccc32)[se]c1C. The average molecular weight is 523 g/mol. The molecular formula is C27H29N3O3Se. The van der Waals surface area contributed by atoms with E-state index in [2.05, 4.69) is 29.4 Å². The number of phenolic OH excluding ortho intramolecular Hbond substituents is 1. The van der Waals surface area contributed by atoms with Crippen LogP contribution in [0.15, 0.2) is 48.5 Å². The van der Waals surface area contributed by atoms with Crippen molar-refractivity contribution in [3.8, 4) is 16.9 Å². The van der Waals surface area contributed by atoms with E-state index in [-0.39, 0.29) is 32.1 Å². The third-order valence-corrected chi connectivity index (χ3v) is 8.19. The minimum atomic E-state index is -0.157. The molecule has 6 nitrogen and oxygen atoms in total. The summed E-state index contributed by atoms with van der Waals surface area (Å²) in [7, 11) is 0. The maximum atomic E-state index is 12.7. The van der Waals surface area contributed by atoms with Gasteiger partial charge >= 0.3 is 206 Å². The Bertz CT molecular complexity index is 1260. The molecule has 0 spiro atoms. The molecule has 0 bridgehead atoms. The van der Waals surface area contributed by atoms with Crippen LogP contribution in [0.2, 0.25) is 0 Å². The third kappa shape index (κ3) is 5.02. The molecule has 1 aliphatic rings. The first kappa shape index (κ1) is 24.0. The summed E-state index contributed by atoms with van der Waals surface area (Å²) in [6.45, 7) is 9.59. The van der Waals surface area contributed by atoms with Crippen LogP contribution in [0.3, 0.4) is 0 Å². The number of hydrogen-bond donors (Lipinski definition) is 3. The number of fused-ring (bicyclic) bond motifs is 1. The second-order valence-corrected chi connectivity index (χ2v) is 10.9. The van der Waals surface area contributed by atoms with Crippen LogP contribution in [0.25, 0.3) is 22.8 Å². The monoisotopic (exact) mass is 523 g/mol. The summed E-state index contributed by atoms with van der Waals surface area (Å²) in [6, 6.07) is 14.8. The Hall–Kier alpha value is -3.12. The first-order valence-electron chi connectivity index (χ1n) is 11.5. The van der Waals surface area contributed by atoms with Crippen LogP contribution in [-0.2, 0) is 4.79 Å². The Labute approximate surface area is 206 Å². The standard InChI is InChI=1S/C27H29N3O3Se/c1-4-30(5-2)13-12-28-26(32)22-15-19(34-17(22)3)16-23-21-11-10-18(14-24(21)29-27(23)33)20-8-6-7-9-25(20)31/h6-11,14-16,31H,4-5,12-13H2,1-3H3,(H,28,32)(H,29,33)/b23-16-. The van der Waals surface area contributed by atoms with Crippen LogP contribution in [-0.4, -0.2) is 62.5 Å². The number of phenols is 1. The van der Waals surface area contributed by atoms with Gasteiger partial charge in [0.25, 0.3) is 0 Å². The number of likely N-dealkylation sites (N-methyl/N-ethyl adjacent to an activating group) is 1. The van der Waals surface area contributed by atoms with Crippen molar-refractivity contribution in [2.45, 2.75) is 20.8 Å². The number of carbonyl (C=O) groups is 2. The van der Waals surface area contributed by atoms with Gasteiger partial charge in [0.1, 0.15) is 0 Å². The summed E-state index contributed by atoms with van der Waals surface area (Å²) in [5.74, 6) is -0.00905. The van der Waals surface area contributed by atoms with Gasteiger partial charge in [-0.25, -0.2) is 0 Å². The van der Waals surface area contributed by atoms with Gasteiger partial charge in [-0.15, -0.1) is 0 Å². The van der Waals surface area contributed by atoms with Gasteiger partial charge in [-0.2, -0.15) is 0 Å². The Morgan fingerprint density at radius 1 is 1.12 bits per heavy atom. The fraction of sp³-hybridized carbons (Fsp3) is 0.259. The predicted molar refractivity (Wildman–Crippen MR) is 138 cm³/mol. The molecule has 4 rings (SSSR count). The molecule has 0 saturated carbocycles. The number of nitrogens with zero attached hydrogens (tertiary/aromatic N) is 1. The molecule has 0 unspecified atom stereocenters. The molecule has 1 aromatic heterocycles. The van der Waals surface area contributed by atoms with Crippen molar-refractivity contribution in [2.75, 3.05) is 31.5 Å². The molecule has 176 valence electrons. The van der Waals surface area contributed by atoms with Crippen LogP contribution >= 0.6 is 0 Å². The summed E-state index contributed by atoms with van der Waals surface area (Å²) in [5, 5.41) is 16.1. The fourth-order valence-corrected chi connectivity index (χ4v) is 6.16. The molecule has 2 amide bonds. The molecule has 0 fully saturated rings. The zero-order valence-electron chi connectivity index (χ0n) is 19.6. The van der Waals surface area contributed by atoms with E-state index in [0.717, 1.165) is 50.9 Å². The van der Waals surface area contributed by atoms with Crippen molar-refractivity contribution >= 4 is 43.7 Å². The maximum absolute atomic E-state index is 12.7. The van der Waals surface area contributed by atoms with Crippen LogP contribution in [0.5, 0.6) is 5.75 Å². The number of rotatable bonds is 8. The van der Waals surface area contributed by atoms with E-state index in [0.29, 0.717) is 17.7 Å². The minimum absolute atomic E-state index is 0.00263. The Morgan fingerprint density at radius 3 is 2.62 bits per heavy atom. The normalized spacial score (nSPS) is 13.9. The van der Waals surface area contributed by atoms with E-state index in [1.54, 1.807) is 12.1 Å². The second kappa shape index (κ2) is 10.4. The van der Waals surface area contributed by atoms with Crippen molar-refractivity contribution in [3.63, 3.8) is 0 Å². The van der Waals surface area contributed by atoms with Crippen molar-refractivity contribution in [1.29, 1.82) is 0 Å². The predicted octanol–water partition coefficient (Wildman–Crippen LogP) is 3.99. The van der Waals surface area contributed by atoms with E-state index >= 15 is 0 Å². The van der Waals surface area contributed by atoms with Crippen LogP contribution in [0.4, 0.5) is 5.69 Å². The van der Waals surface area contributed by atoms with Gasteiger partial charge in [0.05, 0.1) is 0 Å². The van der Waals surface area contributed by atoms with E-state index in [9.17, 15) is 14.7 Å². The molecular weight excluding hydrogens is 493 g/mol. The number of amides is 2. The number of aryl methyl sites for hydroxylation is 1. The van der Waals surface area contributed by atoms with Gasteiger partial charge in [0.15, 0.2) is 0 Å². The number of carbonyl (C=O) groups excluding carboxylic acids is 2. The summed E-state index contributed by atoms with van der Waals surface area (Å²) < 4.78 is 2.06. The molecule has 0 aliphatic carbocycles. The Morgan fingerprint density at radius 2 is 1.88 bits per heavy atom. The fourth-order valence-electron chi connectivity index (χ4n) is 4.13. The third-order valence-electron chi connectivity index (χ3n) is 6.09. The van der Waals surface area contributed by atoms with E-state index < -0.39 is 0 Å². The molecule has 0 atom stereocenters. The molecule has 3 aromatic rings. The molecule has 2 heterocycles. The van der Waals surface area contributed by atoms with E-state index in [1.165, 1.54) is 0 Å². The van der Waals surface area contributed by atoms with Gasteiger partial charge in [-0.1, -0.05) is 0 Å². The molecule has 0 saturated heterocycles. The van der Waals surface area contributed by atoms with Crippen molar-refractivity contribution in [2.24, 2.45) is 0 Å². The topological polar surface area (TPSA) is 81.7 Å². The first-order valence-corrected chi connectivity index (χ1v) is 13.2. The summed E-state index contributed by atoms with van der Waals surface area (Å²) in [6.07, 6.45) is 1.90. The Kier molecular flexibility index (Phi) is 7.37.